The van der Waals surface area contributed by atoms with Crippen LogP contribution < -0.4 is 14.2 Å². The van der Waals surface area contributed by atoms with Crippen molar-refractivity contribution in [3.05, 3.63) is 48.0 Å². The Morgan fingerprint density at radius 2 is 1.78 bits per heavy atom. The number of ether oxygens (including phenoxy) is 6. The first-order chi connectivity index (χ1) is 15.5. The van der Waals surface area contributed by atoms with Gasteiger partial charge in [0.25, 0.3) is 5.91 Å². The van der Waals surface area contributed by atoms with Gasteiger partial charge in [0, 0.05) is 56.8 Å². The van der Waals surface area contributed by atoms with Crippen LogP contribution in [0.15, 0.2) is 36.5 Å². The molecule has 1 aliphatic heterocycles. The molecule has 10 heteroatoms. The number of halogens is 1. The lowest BCUT2D eigenvalue weighted by Crippen LogP contribution is -2.77. The van der Waals surface area contributed by atoms with Gasteiger partial charge in [-0.25, -0.2) is 4.39 Å². The molecule has 0 N–H and O–H groups in total. The molecular formula is C22H27FN2O7. The number of carbonyl (C=O) groups excluding carboxylic acids is 1. The summed E-state index contributed by atoms with van der Waals surface area (Å²) in [5.74, 6) is 0.406. The molecule has 3 rings (SSSR count). The summed E-state index contributed by atoms with van der Waals surface area (Å²) in [5, 5.41) is 0. The smallest absolute Gasteiger partial charge is 0.259 e. The number of β-lactam (4-membered cyclic amide) rings is 1. The summed E-state index contributed by atoms with van der Waals surface area (Å²) in [6, 6.07) is 6.95. The van der Waals surface area contributed by atoms with E-state index in [0.29, 0.717) is 17.2 Å². The lowest BCUT2D eigenvalue weighted by Gasteiger charge is -2.54. The zero-order chi connectivity index (χ0) is 23.1. The molecule has 32 heavy (non-hydrogen) atoms. The first kappa shape index (κ1) is 23.7. The van der Waals surface area contributed by atoms with Crippen molar-refractivity contribution in [2.75, 3.05) is 48.6 Å². The number of pyridine rings is 1. The van der Waals surface area contributed by atoms with E-state index in [-0.39, 0.29) is 38.2 Å². The number of amides is 1. The summed E-state index contributed by atoms with van der Waals surface area (Å²) in [5.41, 5.74) is -0.700. The highest BCUT2D eigenvalue weighted by Gasteiger charge is 2.62. The first-order valence-corrected chi connectivity index (χ1v) is 9.86. The molecule has 2 aromatic rings. The van der Waals surface area contributed by atoms with Crippen LogP contribution in [0.2, 0.25) is 0 Å². The van der Waals surface area contributed by atoms with Crippen molar-refractivity contribution in [3.63, 3.8) is 0 Å². The molecule has 174 valence electrons. The van der Waals surface area contributed by atoms with Crippen LogP contribution in [0.4, 0.5) is 4.39 Å². The quantitative estimate of drug-likeness (QED) is 0.359. The number of hydrogen-bond donors (Lipinski definition) is 0. The van der Waals surface area contributed by atoms with Gasteiger partial charge in [-0.3, -0.25) is 9.78 Å². The highest BCUT2D eigenvalue weighted by Crippen LogP contribution is 2.38. The summed E-state index contributed by atoms with van der Waals surface area (Å²) in [6.45, 7) is -0.0425. The SMILES string of the molecule is COCO[C@@]1(Cc2cc(OC)ccn2)C(=O)N(COC)[C@H]1COc1cc(F)cc(OC)c1. The fraction of sp³-hybridized carbons (Fsp3) is 0.455. The molecule has 1 aromatic heterocycles. The van der Waals surface area contributed by atoms with Gasteiger partial charge in [-0.15, -0.1) is 0 Å². The van der Waals surface area contributed by atoms with E-state index in [0.717, 1.165) is 0 Å². The molecule has 1 aliphatic rings. The topological polar surface area (TPSA) is 88.6 Å². The van der Waals surface area contributed by atoms with Crippen LogP contribution in [0.25, 0.3) is 0 Å². The number of nitrogens with zero attached hydrogens (tertiary/aromatic N) is 2. The third kappa shape index (κ3) is 4.93. The van der Waals surface area contributed by atoms with E-state index in [1.54, 1.807) is 31.5 Å². The second kappa shape index (κ2) is 10.6. The fourth-order valence-electron chi connectivity index (χ4n) is 3.65. The molecule has 2 heterocycles. The Morgan fingerprint density at radius 1 is 1.03 bits per heavy atom. The average molecular weight is 450 g/mol. The summed E-state index contributed by atoms with van der Waals surface area (Å²) in [7, 11) is 5.95. The molecule has 2 atom stereocenters. The van der Waals surface area contributed by atoms with E-state index in [4.69, 9.17) is 28.4 Å². The van der Waals surface area contributed by atoms with Crippen LogP contribution in [0.1, 0.15) is 5.69 Å². The van der Waals surface area contributed by atoms with Crippen molar-refractivity contribution in [3.8, 4) is 17.2 Å². The molecule has 1 saturated heterocycles. The number of methoxy groups -OCH3 is 4. The van der Waals surface area contributed by atoms with Crippen molar-refractivity contribution in [2.45, 2.75) is 18.1 Å². The van der Waals surface area contributed by atoms with E-state index in [9.17, 15) is 9.18 Å². The number of rotatable bonds is 12. The molecule has 0 unspecified atom stereocenters. The minimum absolute atomic E-state index is 0.0232. The predicted molar refractivity (Wildman–Crippen MR) is 111 cm³/mol. The van der Waals surface area contributed by atoms with Gasteiger partial charge in [0.05, 0.1) is 14.2 Å². The number of benzene rings is 1. The van der Waals surface area contributed by atoms with Crippen molar-refractivity contribution >= 4 is 5.91 Å². The fourth-order valence-corrected chi connectivity index (χ4v) is 3.65. The van der Waals surface area contributed by atoms with Crippen molar-refractivity contribution in [1.82, 2.24) is 9.88 Å². The van der Waals surface area contributed by atoms with E-state index in [2.05, 4.69) is 4.98 Å². The molecule has 0 bridgehead atoms. The Kier molecular flexibility index (Phi) is 7.84. The molecular weight excluding hydrogens is 423 g/mol. The zero-order valence-corrected chi connectivity index (χ0v) is 18.5. The zero-order valence-electron chi connectivity index (χ0n) is 18.5. The Hall–Kier alpha value is -2.95. The van der Waals surface area contributed by atoms with Gasteiger partial charge in [0.15, 0.2) is 5.60 Å². The van der Waals surface area contributed by atoms with Gasteiger partial charge >= 0.3 is 0 Å². The van der Waals surface area contributed by atoms with Crippen molar-refractivity contribution in [2.24, 2.45) is 0 Å². The van der Waals surface area contributed by atoms with Crippen LogP contribution in [-0.4, -0.2) is 76.0 Å². The average Bonchev–Trinajstić information content (AvgIpc) is 2.80. The van der Waals surface area contributed by atoms with Gasteiger partial charge in [0.1, 0.15) is 49.2 Å². The highest BCUT2D eigenvalue weighted by atomic mass is 19.1. The molecule has 0 saturated carbocycles. The summed E-state index contributed by atoms with van der Waals surface area (Å²) >= 11 is 0. The first-order valence-electron chi connectivity index (χ1n) is 9.86. The lowest BCUT2D eigenvalue weighted by atomic mass is 9.78. The number of hydrogen-bond acceptors (Lipinski definition) is 8. The maximum atomic E-state index is 13.9. The summed E-state index contributed by atoms with van der Waals surface area (Å²) in [4.78, 5) is 19.0. The van der Waals surface area contributed by atoms with Crippen LogP contribution in [0.3, 0.4) is 0 Å². The summed E-state index contributed by atoms with van der Waals surface area (Å²) in [6.07, 6.45) is 1.76. The molecule has 1 fully saturated rings. The standard InChI is InChI=1S/C22H27FN2O7/c1-27-13-25-20(12-31-19-8-15(23)7-18(10-19)30-4)22(21(25)26,32-14-28-2)11-16-9-17(29-3)5-6-24-16/h5-10,20H,11-14H2,1-4H3/t20-,22+/m0/s1. The van der Waals surface area contributed by atoms with Crippen molar-refractivity contribution in [1.29, 1.82) is 0 Å². The van der Waals surface area contributed by atoms with Crippen LogP contribution >= 0.6 is 0 Å². The highest BCUT2D eigenvalue weighted by molar-refractivity contribution is 5.93. The molecule has 9 nitrogen and oxygen atoms in total. The molecule has 1 amide bonds. The predicted octanol–water partition coefficient (Wildman–Crippen LogP) is 2.03. The van der Waals surface area contributed by atoms with E-state index < -0.39 is 17.5 Å². The van der Waals surface area contributed by atoms with Gasteiger partial charge in [0.2, 0.25) is 0 Å². The third-order valence-corrected chi connectivity index (χ3v) is 5.20. The normalized spacial score (nSPS) is 20.1. The number of likely N-dealkylation sites (tertiary alicyclic amines) is 1. The lowest BCUT2D eigenvalue weighted by molar-refractivity contribution is -0.236. The maximum Gasteiger partial charge on any atom is 0.259 e. The van der Waals surface area contributed by atoms with Crippen molar-refractivity contribution < 1.29 is 37.6 Å². The second-order valence-electron chi connectivity index (χ2n) is 7.15. The van der Waals surface area contributed by atoms with E-state index in [1.807, 2.05) is 0 Å². The minimum Gasteiger partial charge on any atom is -0.497 e. The molecule has 0 radical (unpaired) electrons. The van der Waals surface area contributed by atoms with Gasteiger partial charge in [-0.05, 0) is 6.07 Å². The number of carbonyl (C=O) groups is 1. The largest absolute Gasteiger partial charge is 0.497 e. The Balaban J connectivity index is 1.88. The van der Waals surface area contributed by atoms with Crippen LogP contribution in [-0.2, 0) is 25.4 Å². The van der Waals surface area contributed by atoms with E-state index in [1.165, 1.54) is 38.4 Å². The van der Waals surface area contributed by atoms with Gasteiger partial charge in [-0.1, -0.05) is 0 Å². The maximum absolute atomic E-state index is 13.9. The van der Waals surface area contributed by atoms with Gasteiger partial charge in [-0.2, -0.15) is 0 Å². The Labute approximate surface area is 185 Å². The molecule has 1 aromatic carbocycles. The van der Waals surface area contributed by atoms with E-state index >= 15 is 0 Å². The van der Waals surface area contributed by atoms with Crippen LogP contribution in [0, 0.1) is 5.82 Å². The Bertz CT molecular complexity index is 929. The van der Waals surface area contributed by atoms with Crippen LogP contribution in [0.5, 0.6) is 17.2 Å². The number of aromatic nitrogens is 1. The Morgan fingerprint density at radius 3 is 2.47 bits per heavy atom. The summed E-state index contributed by atoms with van der Waals surface area (Å²) < 4.78 is 46.2. The third-order valence-electron chi connectivity index (χ3n) is 5.20. The minimum atomic E-state index is -1.30. The monoisotopic (exact) mass is 450 g/mol. The second-order valence-corrected chi connectivity index (χ2v) is 7.15. The molecule has 0 aliphatic carbocycles. The molecule has 0 spiro atoms. The van der Waals surface area contributed by atoms with Gasteiger partial charge < -0.3 is 33.3 Å².